The van der Waals surface area contributed by atoms with Crippen LogP contribution in [0.3, 0.4) is 0 Å². The lowest BCUT2D eigenvalue weighted by atomic mass is 10.0. The van der Waals surface area contributed by atoms with E-state index in [9.17, 15) is 5.11 Å². The van der Waals surface area contributed by atoms with Gasteiger partial charge in [0.2, 0.25) is 0 Å². The maximum Gasteiger partial charge on any atom is 0.123 e. The predicted octanol–water partition coefficient (Wildman–Crippen LogP) is 2.21. The second-order valence-corrected chi connectivity index (χ2v) is 5.46. The van der Waals surface area contributed by atoms with Crippen LogP contribution in [0.5, 0.6) is 11.5 Å². The third-order valence-corrected chi connectivity index (χ3v) is 3.63. The van der Waals surface area contributed by atoms with Crippen molar-refractivity contribution in [1.82, 2.24) is 4.90 Å². The summed E-state index contributed by atoms with van der Waals surface area (Å²) in [5.74, 6) is 1.70. The Kier molecular flexibility index (Phi) is 5.20. The van der Waals surface area contributed by atoms with Crippen LogP contribution in [0, 0.1) is 6.92 Å². The minimum atomic E-state index is -0.275. The van der Waals surface area contributed by atoms with Gasteiger partial charge in [-0.3, -0.25) is 4.90 Å². The van der Waals surface area contributed by atoms with E-state index >= 15 is 0 Å². The number of aliphatic hydroxyl groups excluding tert-OH is 1. The van der Waals surface area contributed by atoms with Crippen molar-refractivity contribution in [2.24, 2.45) is 0 Å². The first-order chi connectivity index (χ1) is 8.85. The van der Waals surface area contributed by atoms with E-state index in [1.54, 1.807) is 14.2 Å². The average Bonchev–Trinajstić information content (AvgIpc) is 2.39. The zero-order chi connectivity index (χ0) is 14.6. The number of ether oxygens (including phenoxy) is 2. The molecule has 0 bridgehead atoms. The number of likely N-dealkylation sites (N-methyl/N-ethyl adjacent to an activating group) is 1. The van der Waals surface area contributed by atoms with Gasteiger partial charge in [-0.2, -0.15) is 0 Å². The van der Waals surface area contributed by atoms with E-state index in [1.165, 1.54) is 0 Å². The van der Waals surface area contributed by atoms with Crippen LogP contribution in [0.2, 0.25) is 0 Å². The number of methoxy groups -OCH3 is 2. The van der Waals surface area contributed by atoms with Gasteiger partial charge in [0, 0.05) is 17.6 Å². The molecule has 0 aromatic heterocycles. The third kappa shape index (κ3) is 3.61. The fraction of sp³-hybridized carbons (Fsp3) is 0.600. The summed E-state index contributed by atoms with van der Waals surface area (Å²) >= 11 is 0. The van der Waals surface area contributed by atoms with Crippen LogP contribution in [0.1, 0.15) is 25.0 Å². The number of hydrogen-bond donors (Lipinski definition) is 1. The Morgan fingerprint density at radius 1 is 1.16 bits per heavy atom. The molecule has 0 saturated heterocycles. The topological polar surface area (TPSA) is 41.9 Å². The molecule has 1 aromatic carbocycles. The average molecular weight is 267 g/mol. The van der Waals surface area contributed by atoms with E-state index in [2.05, 4.69) is 4.90 Å². The first kappa shape index (κ1) is 15.8. The zero-order valence-electron chi connectivity index (χ0n) is 12.8. The van der Waals surface area contributed by atoms with Gasteiger partial charge in [0.25, 0.3) is 0 Å². The van der Waals surface area contributed by atoms with Crippen LogP contribution in [-0.4, -0.2) is 43.4 Å². The molecule has 0 saturated carbocycles. The van der Waals surface area contributed by atoms with E-state index in [0.717, 1.165) is 22.6 Å². The standard InChI is InChI=1S/C15H25NO3/c1-11-7-14(19-6)12(8-13(11)18-5)9-16(4)15(2,3)10-17/h7-8,17H,9-10H2,1-6H3. The van der Waals surface area contributed by atoms with Crippen LogP contribution in [0.4, 0.5) is 0 Å². The highest BCUT2D eigenvalue weighted by Crippen LogP contribution is 2.30. The maximum absolute atomic E-state index is 9.42. The van der Waals surface area contributed by atoms with Gasteiger partial charge < -0.3 is 14.6 Å². The monoisotopic (exact) mass is 267 g/mol. The van der Waals surface area contributed by atoms with Gasteiger partial charge in [-0.1, -0.05) is 0 Å². The Hall–Kier alpha value is -1.26. The summed E-state index contributed by atoms with van der Waals surface area (Å²) in [6, 6.07) is 3.98. The maximum atomic E-state index is 9.42. The second kappa shape index (κ2) is 6.26. The van der Waals surface area contributed by atoms with Gasteiger partial charge in [-0.05, 0) is 45.5 Å². The molecule has 19 heavy (non-hydrogen) atoms. The summed E-state index contributed by atoms with van der Waals surface area (Å²) in [5, 5.41) is 9.42. The lowest BCUT2D eigenvalue weighted by molar-refractivity contribution is 0.0727. The summed E-state index contributed by atoms with van der Waals surface area (Å²) in [6.45, 7) is 6.80. The molecule has 0 fully saturated rings. The summed E-state index contributed by atoms with van der Waals surface area (Å²) in [5.41, 5.74) is 1.82. The Labute approximate surface area is 115 Å². The largest absolute Gasteiger partial charge is 0.496 e. The lowest BCUT2D eigenvalue weighted by Gasteiger charge is -2.34. The van der Waals surface area contributed by atoms with Crippen LogP contribution >= 0.6 is 0 Å². The van der Waals surface area contributed by atoms with Crippen LogP contribution in [0.25, 0.3) is 0 Å². The summed E-state index contributed by atoms with van der Waals surface area (Å²) in [6.07, 6.45) is 0. The minimum Gasteiger partial charge on any atom is -0.496 e. The first-order valence-corrected chi connectivity index (χ1v) is 6.39. The highest BCUT2D eigenvalue weighted by atomic mass is 16.5. The van der Waals surface area contributed by atoms with Crippen molar-refractivity contribution >= 4 is 0 Å². The molecule has 0 unspecified atom stereocenters. The van der Waals surface area contributed by atoms with E-state index in [-0.39, 0.29) is 12.1 Å². The molecule has 108 valence electrons. The highest BCUT2D eigenvalue weighted by Gasteiger charge is 2.23. The van der Waals surface area contributed by atoms with E-state index in [0.29, 0.717) is 6.54 Å². The fourth-order valence-corrected chi connectivity index (χ4v) is 1.83. The van der Waals surface area contributed by atoms with Gasteiger partial charge in [0.1, 0.15) is 11.5 Å². The minimum absolute atomic E-state index is 0.106. The molecule has 0 atom stereocenters. The van der Waals surface area contributed by atoms with Crippen LogP contribution in [0.15, 0.2) is 12.1 Å². The number of rotatable bonds is 6. The quantitative estimate of drug-likeness (QED) is 0.858. The Balaban J connectivity index is 3.06. The summed E-state index contributed by atoms with van der Waals surface area (Å²) < 4.78 is 10.8. The van der Waals surface area contributed by atoms with Crippen LogP contribution < -0.4 is 9.47 Å². The van der Waals surface area contributed by atoms with E-state index in [4.69, 9.17) is 9.47 Å². The third-order valence-electron chi connectivity index (χ3n) is 3.63. The van der Waals surface area contributed by atoms with Gasteiger partial charge >= 0.3 is 0 Å². The fourth-order valence-electron chi connectivity index (χ4n) is 1.83. The summed E-state index contributed by atoms with van der Waals surface area (Å²) in [7, 11) is 5.32. The molecular formula is C15H25NO3. The highest BCUT2D eigenvalue weighted by molar-refractivity contribution is 5.45. The molecule has 1 aromatic rings. The van der Waals surface area contributed by atoms with E-state index < -0.39 is 0 Å². The Morgan fingerprint density at radius 2 is 1.74 bits per heavy atom. The molecule has 0 aliphatic carbocycles. The molecule has 4 heteroatoms. The normalized spacial score (nSPS) is 11.8. The molecule has 1 N–H and O–H groups in total. The van der Waals surface area contributed by atoms with Gasteiger partial charge in [-0.15, -0.1) is 0 Å². The molecule has 0 heterocycles. The van der Waals surface area contributed by atoms with E-state index in [1.807, 2.05) is 40.0 Å². The van der Waals surface area contributed by atoms with Crippen molar-refractivity contribution in [2.45, 2.75) is 32.9 Å². The lowest BCUT2D eigenvalue weighted by Crippen LogP contribution is -2.43. The number of hydrogen-bond acceptors (Lipinski definition) is 4. The second-order valence-electron chi connectivity index (χ2n) is 5.46. The van der Waals surface area contributed by atoms with Gasteiger partial charge in [0.15, 0.2) is 0 Å². The van der Waals surface area contributed by atoms with Crippen molar-refractivity contribution < 1.29 is 14.6 Å². The van der Waals surface area contributed by atoms with Crippen molar-refractivity contribution in [3.63, 3.8) is 0 Å². The molecule has 0 spiro atoms. The SMILES string of the molecule is COc1cc(CN(C)C(C)(C)CO)c(OC)cc1C. The Morgan fingerprint density at radius 3 is 2.21 bits per heavy atom. The predicted molar refractivity (Wildman–Crippen MR) is 76.9 cm³/mol. The van der Waals surface area contributed by atoms with Gasteiger partial charge in [-0.25, -0.2) is 0 Å². The zero-order valence-corrected chi connectivity index (χ0v) is 12.8. The first-order valence-electron chi connectivity index (χ1n) is 6.39. The Bertz CT molecular complexity index is 430. The number of aliphatic hydroxyl groups is 1. The van der Waals surface area contributed by atoms with Gasteiger partial charge in [0.05, 0.1) is 20.8 Å². The smallest absolute Gasteiger partial charge is 0.123 e. The number of aryl methyl sites for hydroxylation is 1. The molecular weight excluding hydrogens is 242 g/mol. The molecule has 4 nitrogen and oxygen atoms in total. The number of benzene rings is 1. The van der Waals surface area contributed by atoms with Crippen molar-refractivity contribution in [1.29, 1.82) is 0 Å². The van der Waals surface area contributed by atoms with Crippen molar-refractivity contribution in [2.75, 3.05) is 27.9 Å². The molecule has 0 aliphatic rings. The van der Waals surface area contributed by atoms with Crippen molar-refractivity contribution in [3.8, 4) is 11.5 Å². The molecule has 0 aliphatic heterocycles. The van der Waals surface area contributed by atoms with Crippen molar-refractivity contribution in [3.05, 3.63) is 23.3 Å². The van der Waals surface area contributed by atoms with Crippen LogP contribution in [-0.2, 0) is 6.54 Å². The molecule has 1 rings (SSSR count). The molecule has 0 radical (unpaired) electrons. The number of nitrogens with zero attached hydrogens (tertiary/aromatic N) is 1. The summed E-state index contributed by atoms with van der Waals surface area (Å²) in [4.78, 5) is 2.10. The molecule has 0 amide bonds.